The Labute approximate surface area is 218 Å². The lowest BCUT2D eigenvalue weighted by molar-refractivity contribution is -0.154. The molecule has 0 fully saturated rings. The van der Waals surface area contributed by atoms with Crippen molar-refractivity contribution >= 4 is 17.4 Å². The van der Waals surface area contributed by atoms with Gasteiger partial charge in [0.1, 0.15) is 5.75 Å². The fourth-order valence-electron chi connectivity index (χ4n) is 4.83. The van der Waals surface area contributed by atoms with E-state index in [1.54, 1.807) is 26.2 Å². The molecule has 2 aromatic carbocycles. The van der Waals surface area contributed by atoms with Gasteiger partial charge in [-0.05, 0) is 72.6 Å². The van der Waals surface area contributed by atoms with Gasteiger partial charge in [0.15, 0.2) is 0 Å². The molecule has 3 unspecified atom stereocenters. The topological polar surface area (TPSA) is 87.1 Å². The van der Waals surface area contributed by atoms with Gasteiger partial charge in [0, 0.05) is 18.7 Å². The summed E-state index contributed by atoms with van der Waals surface area (Å²) in [5.41, 5.74) is 3.31. The third-order valence-corrected chi connectivity index (χ3v) is 7.44. The Morgan fingerprint density at radius 1 is 1.08 bits per heavy atom. The van der Waals surface area contributed by atoms with Crippen molar-refractivity contribution in [3.63, 3.8) is 0 Å². The van der Waals surface area contributed by atoms with E-state index in [1.165, 1.54) is 0 Å². The molecule has 0 saturated carbocycles. The summed E-state index contributed by atoms with van der Waals surface area (Å²) in [5, 5.41) is 19.9. The molecule has 2 aliphatic rings. The van der Waals surface area contributed by atoms with E-state index in [2.05, 4.69) is 25.2 Å². The third-order valence-electron chi connectivity index (χ3n) is 7.44. The highest BCUT2D eigenvalue weighted by atomic mass is 16.5. The van der Waals surface area contributed by atoms with E-state index in [-0.39, 0.29) is 12.3 Å². The summed E-state index contributed by atoms with van der Waals surface area (Å²) in [5.74, 6) is 0.0727. The van der Waals surface area contributed by atoms with Crippen LogP contribution in [0.25, 0.3) is 5.57 Å². The summed E-state index contributed by atoms with van der Waals surface area (Å²) >= 11 is 0. The highest BCUT2D eigenvalue weighted by Crippen LogP contribution is 2.40. The van der Waals surface area contributed by atoms with Crippen molar-refractivity contribution in [1.82, 2.24) is 4.90 Å². The number of aliphatic carboxylic acids is 1. The number of ether oxygens (including phenoxy) is 1. The first-order chi connectivity index (χ1) is 17.7. The smallest absolute Gasteiger partial charge is 0.312 e. The van der Waals surface area contributed by atoms with Crippen LogP contribution in [0.2, 0.25) is 0 Å². The number of hydrogen-bond donors (Lipinski definition) is 2. The minimum Gasteiger partial charge on any atom is -0.497 e. The van der Waals surface area contributed by atoms with Crippen LogP contribution in [-0.2, 0) is 11.3 Å². The van der Waals surface area contributed by atoms with E-state index in [1.807, 2.05) is 47.4 Å². The largest absolute Gasteiger partial charge is 0.497 e. The van der Waals surface area contributed by atoms with Crippen LogP contribution >= 0.6 is 0 Å². The monoisotopic (exact) mass is 501 g/mol. The van der Waals surface area contributed by atoms with E-state index >= 15 is 0 Å². The molecule has 194 valence electrons. The maximum atomic E-state index is 13.6. The fourth-order valence-corrected chi connectivity index (χ4v) is 4.83. The number of amides is 1. The number of methoxy groups -OCH3 is 1. The first kappa shape index (κ1) is 26.4. The number of aliphatic hydroxyl groups excluding tert-OH is 1. The quantitative estimate of drug-likeness (QED) is 0.500. The summed E-state index contributed by atoms with van der Waals surface area (Å²) in [6.07, 6.45) is 9.03. The molecule has 0 radical (unpaired) electrons. The molecular weight excluding hydrogens is 466 g/mol. The minimum absolute atomic E-state index is 0.0721. The second-order valence-corrected chi connectivity index (χ2v) is 10.3. The summed E-state index contributed by atoms with van der Waals surface area (Å²) in [6, 6.07) is 15.1. The third kappa shape index (κ3) is 6.03. The zero-order valence-electron chi connectivity index (χ0n) is 21.7. The van der Waals surface area contributed by atoms with E-state index in [9.17, 15) is 19.8 Å². The van der Waals surface area contributed by atoms with Crippen LogP contribution in [0.1, 0.15) is 54.6 Å². The lowest BCUT2D eigenvalue weighted by Crippen LogP contribution is -2.41. The average molecular weight is 502 g/mol. The summed E-state index contributed by atoms with van der Waals surface area (Å²) < 4.78 is 5.32. The van der Waals surface area contributed by atoms with Crippen LogP contribution in [0, 0.1) is 11.3 Å². The van der Waals surface area contributed by atoms with Crippen molar-refractivity contribution in [3.8, 4) is 5.75 Å². The molecule has 0 aromatic heterocycles. The Balaban J connectivity index is 1.55. The van der Waals surface area contributed by atoms with Crippen molar-refractivity contribution < 1.29 is 24.5 Å². The predicted molar refractivity (Wildman–Crippen MR) is 144 cm³/mol. The SMILES string of the molecule is COc1cccc(C(=O)N(CC2=CCC(C)C=C2)Cc2ccc(C3=CCC(O)C(C)(C(=O)O)C3)cc2)c1. The van der Waals surface area contributed by atoms with Crippen molar-refractivity contribution in [1.29, 1.82) is 0 Å². The van der Waals surface area contributed by atoms with Gasteiger partial charge in [-0.2, -0.15) is 0 Å². The van der Waals surface area contributed by atoms with Gasteiger partial charge in [0.2, 0.25) is 0 Å². The fraction of sp³-hybridized carbons (Fsp3) is 0.355. The Bertz CT molecular complexity index is 1240. The molecule has 2 aromatic rings. The first-order valence-electron chi connectivity index (χ1n) is 12.7. The normalized spacial score (nSPS) is 23.1. The number of carbonyl (C=O) groups excluding carboxylic acids is 1. The predicted octanol–water partition coefficient (Wildman–Crippen LogP) is 5.49. The number of carboxylic acids is 1. The van der Waals surface area contributed by atoms with Gasteiger partial charge in [0.25, 0.3) is 5.91 Å². The molecule has 6 nitrogen and oxygen atoms in total. The van der Waals surface area contributed by atoms with Gasteiger partial charge >= 0.3 is 5.97 Å². The molecule has 4 rings (SSSR count). The molecule has 2 N–H and O–H groups in total. The van der Waals surface area contributed by atoms with Gasteiger partial charge in [-0.25, -0.2) is 0 Å². The minimum atomic E-state index is -1.21. The van der Waals surface area contributed by atoms with Crippen molar-refractivity contribution in [2.24, 2.45) is 11.3 Å². The Morgan fingerprint density at radius 2 is 1.84 bits per heavy atom. The van der Waals surface area contributed by atoms with Gasteiger partial charge in [-0.15, -0.1) is 0 Å². The molecule has 0 saturated heterocycles. The van der Waals surface area contributed by atoms with Crippen LogP contribution in [0.3, 0.4) is 0 Å². The number of hydrogen-bond acceptors (Lipinski definition) is 4. The number of carboxylic acid groups (broad SMARTS) is 1. The maximum Gasteiger partial charge on any atom is 0.312 e. The molecule has 1 amide bonds. The summed E-state index contributed by atoms with van der Waals surface area (Å²) in [7, 11) is 1.59. The lowest BCUT2D eigenvalue weighted by atomic mass is 9.72. The second-order valence-electron chi connectivity index (χ2n) is 10.3. The molecule has 3 atom stereocenters. The Morgan fingerprint density at radius 3 is 2.49 bits per heavy atom. The van der Waals surface area contributed by atoms with Gasteiger partial charge in [-0.1, -0.05) is 61.6 Å². The van der Waals surface area contributed by atoms with E-state index in [0.29, 0.717) is 36.7 Å². The molecule has 37 heavy (non-hydrogen) atoms. The van der Waals surface area contributed by atoms with Crippen molar-refractivity contribution in [2.45, 2.75) is 45.8 Å². The van der Waals surface area contributed by atoms with E-state index < -0.39 is 17.5 Å². The first-order valence-corrected chi connectivity index (χ1v) is 12.7. The molecule has 0 spiro atoms. The number of carbonyl (C=O) groups is 2. The molecular formula is C31H35NO5. The van der Waals surface area contributed by atoms with E-state index in [0.717, 1.165) is 28.7 Å². The van der Waals surface area contributed by atoms with Crippen molar-refractivity contribution in [2.75, 3.05) is 13.7 Å². The number of benzene rings is 2. The Kier molecular flexibility index (Phi) is 7.98. The van der Waals surface area contributed by atoms with Gasteiger partial charge < -0.3 is 19.8 Å². The van der Waals surface area contributed by atoms with Crippen LogP contribution in [0.15, 0.2) is 78.4 Å². The number of nitrogens with zero attached hydrogens (tertiary/aromatic N) is 1. The molecule has 0 aliphatic heterocycles. The summed E-state index contributed by atoms with van der Waals surface area (Å²) in [6.45, 7) is 4.70. The highest BCUT2D eigenvalue weighted by Gasteiger charge is 2.43. The number of aliphatic hydroxyl groups is 1. The summed E-state index contributed by atoms with van der Waals surface area (Å²) in [4.78, 5) is 27.2. The maximum absolute atomic E-state index is 13.6. The Hall–Kier alpha value is -3.64. The number of allylic oxidation sites excluding steroid dienone is 3. The zero-order valence-corrected chi connectivity index (χ0v) is 21.7. The lowest BCUT2D eigenvalue weighted by Gasteiger charge is -2.34. The van der Waals surface area contributed by atoms with Gasteiger partial charge in [-0.3, -0.25) is 9.59 Å². The van der Waals surface area contributed by atoms with Crippen LogP contribution < -0.4 is 4.74 Å². The standard InChI is InChI=1S/C31H35NO5/c1-21-7-9-22(10-8-21)19-32(29(34)25-5-4-6-27(17-25)37-3)20-23-11-13-24(14-12-23)26-15-16-28(33)31(2,18-26)30(35)36/h4-7,9-15,17,21,28,33H,8,16,18-20H2,1-3H3,(H,35,36). The van der Waals surface area contributed by atoms with Crippen LogP contribution in [-0.4, -0.2) is 46.7 Å². The molecule has 2 aliphatic carbocycles. The van der Waals surface area contributed by atoms with Crippen molar-refractivity contribution in [3.05, 3.63) is 95.1 Å². The number of rotatable bonds is 8. The molecule has 0 heterocycles. The second kappa shape index (κ2) is 11.2. The van der Waals surface area contributed by atoms with Crippen LogP contribution in [0.5, 0.6) is 5.75 Å². The molecule has 0 bridgehead atoms. The zero-order chi connectivity index (χ0) is 26.6. The van der Waals surface area contributed by atoms with Gasteiger partial charge in [0.05, 0.1) is 18.6 Å². The van der Waals surface area contributed by atoms with Crippen LogP contribution in [0.4, 0.5) is 0 Å². The molecule has 6 heteroatoms. The average Bonchev–Trinajstić information content (AvgIpc) is 2.91. The highest BCUT2D eigenvalue weighted by molar-refractivity contribution is 5.94. The van der Waals surface area contributed by atoms with E-state index in [4.69, 9.17) is 4.74 Å².